The van der Waals surface area contributed by atoms with Crippen LogP contribution in [0.1, 0.15) is 30.7 Å². The SMILES string of the molecule is CNS(=O)(=O)c1ccccc1OC[C@@H](O)CNC1COC2(CCN(S(=O)(=O)c3cccc(-c4c(C)noc4C)c3)CC2)C1. The highest BCUT2D eigenvalue weighted by Gasteiger charge is 2.44. The Kier molecular flexibility index (Phi) is 9.28. The van der Waals surface area contributed by atoms with Crippen molar-refractivity contribution in [3.05, 3.63) is 60.0 Å². The summed E-state index contributed by atoms with van der Waals surface area (Å²) >= 11 is 0. The number of hydrogen-bond acceptors (Lipinski definition) is 10. The number of aromatic nitrogens is 1. The van der Waals surface area contributed by atoms with E-state index in [1.165, 1.54) is 17.4 Å². The minimum absolute atomic E-state index is 0.00492. The number of aliphatic hydroxyl groups is 1. The molecule has 3 heterocycles. The third kappa shape index (κ3) is 6.80. The van der Waals surface area contributed by atoms with Crippen LogP contribution < -0.4 is 14.8 Å². The van der Waals surface area contributed by atoms with Gasteiger partial charge >= 0.3 is 0 Å². The standard InChI is InChI=1S/C29H38N4O8S2/c1-20-28(21(2)41-32-20)22-7-6-8-25(15-22)43(37,38)33-13-11-29(12-14-33)16-23(18-40-29)31-17-24(34)19-39-26-9-4-5-10-27(26)42(35,36)30-3/h4-10,15,23-24,30-31,34H,11-14,16-19H2,1-3H3/t23?,24-/m0/s1. The summed E-state index contributed by atoms with van der Waals surface area (Å²) in [6.45, 7) is 4.91. The van der Waals surface area contributed by atoms with E-state index in [2.05, 4.69) is 15.2 Å². The molecule has 2 saturated heterocycles. The van der Waals surface area contributed by atoms with E-state index in [4.69, 9.17) is 14.0 Å². The number of ether oxygens (including phenoxy) is 2. The summed E-state index contributed by atoms with van der Waals surface area (Å²) in [5.41, 5.74) is 1.83. The van der Waals surface area contributed by atoms with Crippen LogP contribution in [0.4, 0.5) is 0 Å². The monoisotopic (exact) mass is 634 g/mol. The van der Waals surface area contributed by atoms with Crippen molar-refractivity contribution in [1.29, 1.82) is 0 Å². The number of nitrogens with one attached hydrogen (secondary N) is 2. The minimum Gasteiger partial charge on any atom is -0.489 e. The topological polar surface area (TPSA) is 160 Å². The van der Waals surface area contributed by atoms with Crippen LogP contribution in [0.5, 0.6) is 5.75 Å². The second-order valence-corrected chi connectivity index (χ2v) is 14.8. The maximum Gasteiger partial charge on any atom is 0.243 e. The maximum absolute atomic E-state index is 13.5. The first-order chi connectivity index (χ1) is 20.4. The second-order valence-electron chi connectivity index (χ2n) is 11.1. The molecule has 0 bridgehead atoms. The third-order valence-electron chi connectivity index (χ3n) is 8.12. The lowest BCUT2D eigenvalue weighted by Crippen LogP contribution is -2.47. The van der Waals surface area contributed by atoms with Gasteiger partial charge in [0, 0.05) is 31.2 Å². The summed E-state index contributed by atoms with van der Waals surface area (Å²) in [6.07, 6.45) is 0.946. The van der Waals surface area contributed by atoms with Crippen molar-refractivity contribution >= 4 is 20.0 Å². The summed E-state index contributed by atoms with van der Waals surface area (Å²) in [5.74, 6) is 0.801. The van der Waals surface area contributed by atoms with Gasteiger partial charge in [-0.3, -0.25) is 0 Å². The van der Waals surface area contributed by atoms with Gasteiger partial charge in [-0.1, -0.05) is 29.4 Å². The van der Waals surface area contributed by atoms with Crippen LogP contribution in [0.25, 0.3) is 11.1 Å². The van der Waals surface area contributed by atoms with E-state index in [0.29, 0.717) is 50.4 Å². The third-order valence-corrected chi connectivity index (χ3v) is 11.5. The highest BCUT2D eigenvalue weighted by Crippen LogP contribution is 2.38. The van der Waals surface area contributed by atoms with Crippen LogP contribution in [0.3, 0.4) is 0 Å². The maximum atomic E-state index is 13.5. The van der Waals surface area contributed by atoms with Crippen LogP contribution in [0, 0.1) is 13.8 Å². The molecule has 0 saturated carbocycles. The molecule has 0 aliphatic carbocycles. The Morgan fingerprint density at radius 1 is 1.12 bits per heavy atom. The van der Waals surface area contributed by atoms with Crippen molar-refractivity contribution in [3.8, 4) is 16.9 Å². The molecule has 2 aliphatic rings. The normalized spacial score (nSPS) is 20.0. The molecule has 14 heteroatoms. The zero-order chi connectivity index (χ0) is 30.8. The number of aliphatic hydroxyl groups excluding tert-OH is 1. The average molecular weight is 635 g/mol. The molecular formula is C29H38N4O8S2. The van der Waals surface area contributed by atoms with Crippen molar-refractivity contribution in [2.24, 2.45) is 0 Å². The zero-order valence-electron chi connectivity index (χ0n) is 24.4. The molecule has 2 fully saturated rings. The van der Waals surface area contributed by atoms with E-state index >= 15 is 0 Å². The number of hydrogen-bond donors (Lipinski definition) is 3. The molecule has 1 unspecified atom stereocenters. The van der Waals surface area contributed by atoms with Gasteiger partial charge in [0.05, 0.1) is 22.8 Å². The van der Waals surface area contributed by atoms with Crippen LogP contribution in [0.2, 0.25) is 0 Å². The molecule has 1 aromatic heterocycles. The molecule has 0 radical (unpaired) electrons. The Labute approximate surface area is 252 Å². The van der Waals surface area contributed by atoms with Gasteiger partial charge in [0.2, 0.25) is 20.0 Å². The molecule has 2 atom stereocenters. The van der Waals surface area contributed by atoms with Crippen LogP contribution in [-0.4, -0.2) is 89.0 Å². The molecule has 2 aliphatic heterocycles. The lowest BCUT2D eigenvalue weighted by atomic mass is 9.88. The highest BCUT2D eigenvalue weighted by atomic mass is 32.2. The number of piperidine rings is 1. The van der Waals surface area contributed by atoms with Crippen LogP contribution in [0.15, 0.2) is 62.8 Å². The summed E-state index contributed by atoms with van der Waals surface area (Å²) in [4.78, 5) is 0.237. The van der Waals surface area contributed by atoms with Crippen LogP contribution in [-0.2, 0) is 24.8 Å². The van der Waals surface area contributed by atoms with Crippen molar-refractivity contribution < 1.29 is 35.9 Å². The van der Waals surface area contributed by atoms with Gasteiger partial charge in [-0.2, -0.15) is 4.31 Å². The smallest absolute Gasteiger partial charge is 0.243 e. The lowest BCUT2D eigenvalue weighted by Gasteiger charge is -2.38. The molecule has 5 rings (SSSR count). The molecule has 3 N–H and O–H groups in total. The van der Waals surface area contributed by atoms with E-state index in [-0.39, 0.29) is 34.7 Å². The van der Waals surface area contributed by atoms with Crippen molar-refractivity contribution in [1.82, 2.24) is 19.5 Å². The molecule has 0 amide bonds. The summed E-state index contributed by atoms with van der Waals surface area (Å²) < 4.78 is 72.4. The molecule has 234 valence electrons. The van der Waals surface area contributed by atoms with Gasteiger partial charge in [0.1, 0.15) is 29.1 Å². The Bertz CT molecular complexity index is 1630. The Balaban J connectivity index is 1.12. The highest BCUT2D eigenvalue weighted by molar-refractivity contribution is 7.89. The summed E-state index contributed by atoms with van der Waals surface area (Å²) in [7, 11) is -6.08. The molecule has 2 aromatic carbocycles. The first-order valence-electron chi connectivity index (χ1n) is 14.2. The second kappa shape index (κ2) is 12.6. The summed E-state index contributed by atoms with van der Waals surface area (Å²) in [5, 5.41) is 17.8. The van der Waals surface area contributed by atoms with Crippen molar-refractivity contribution in [2.75, 3.05) is 39.9 Å². The number of sulfonamides is 2. The first-order valence-corrected chi connectivity index (χ1v) is 17.1. The van der Waals surface area contributed by atoms with E-state index in [1.54, 1.807) is 43.3 Å². The Morgan fingerprint density at radius 2 is 1.86 bits per heavy atom. The van der Waals surface area contributed by atoms with E-state index in [1.807, 2.05) is 13.0 Å². The van der Waals surface area contributed by atoms with Gasteiger partial charge in [-0.25, -0.2) is 21.6 Å². The van der Waals surface area contributed by atoms with Gasteiger partial charge in [0.15, 0.2) is 0 Å². The van der Waals surface area contributed by atoms with E-state index < -0.39 is 31.8 Å². The van der Waals surface area contributed by atoms with Gasteiger partial charge in [-0.15, -0.1) is 0 Å². The molecule has 43 heavy (non-hydrogen) atoms. The largest absolute Gasteiger partial charge is 0.489 e. The van der Waals surface area contributed by atoms with Gasteiger partial charge in [0.25, 0.3) is 0 Å². The number of rotatable bonds is 11. The van der Waals surface area contributed by atoms with E-state index in [9.17, 15) is 21.9 Å². The minimum atomic E-state index is -3.70. The Morgan fingerprint density at radius 3 is 2.56 bits per heavy atom. The Hall–Kier alpha value is -2.85. The number of nitrogens with zero attached hydrogens (tertiary/aromatic N) is 2. The fourth-order valence-corrected chi connectivity index (χ4v) is 8.12. The molecule has 3 aromatic rings. The van der Waals surface area contributed by atoms with Gasteiger partial charge < -0.3 is 24.4 Å². The van der Waals surface area contributed by atoms with Crippen molar-refractivity contribution in [2.45, 2.75) is 60.6 Å². The van der Waals surface area contributed by atoms with Crippen LogP contribution >= 0.6 is 0 Å². The quantitative estimate of drug-likeness (QED) is 0.285. The fourth-order valence-electron chi connectivity index (χ4n) is 5.76. The van der Waals surface area contributed by atoms with Crippen molar-refractivity contribution in [3.63, 3.8) is 0 Å². The van der Waals surface area contributed by atoms with Gasteiger partial charge in [-0.05, 0) is 70.0 Å². The molecule has 1 spiro atoms. The molecule has 12 nitrogen and oxygen atoms in total. The summed E-state index contributed by atoms with van der Waals surface area (Å²) in [6, 6.07) is 13.1. The molecular weight excluding hydrogens is 596 g/mol. The predicted molar refractivity (Wildman–Crippen MR) is 159 cm³/mol. The number of benzene rings is 2. The fraction of sp³-hybridized carbons (Fsp3) is 0.483. The number of para-hydroxylation sites is 1. The zero-order valence-corrected chi connectivity index (χ0v) is 26.1. The predicted octanol–water partition coefficient (Wildman–Crippen LogP) is 2.21. The first kappa shape index (κ1) is 31.6. The number of aryl methyl sites for hydroxylation is 2. The lowest BCUT2D eigenvalue weighted by molar-refractivity contribution is -0.0312. The van der Waals surface area contributed by atoms with E-state index in [0.717, 1.165) is 11.1 Å². The average Bonchev–Trinajstić information content (AvgIpc) is 3.56.